The Morgan fingerprint density at radius 2 is 2.04 bits per heavy atom. The van der Waals surface area contributed by atoms with Gasteiger partial charge in [0.1, 0.15) is 0 Å². The highest BCUT2D eigenvalue weighted by molar-refractivity contribution is 5.91. The number of carbonyl (C=O) groups excluding carboxylic acids is 1. The van der Waals surface area contributed by atoms with Crippen LogP contribution in [0.25, 0.3) is 10.9 Å². The minimum atomic E-state index is -0.447. The third-order valence-corrected chi connectivity index (χ3v) is 5.06. The summed E-state index contributed by atoms with van der Waals surface area (Å²) in [6.45, 7) is 1.19. The molecule has 0 aliphatic carbocycles. The van der Waals surface area contributed by atoms with Crippen LogP contribution in [-0.4, -0.2) is 52.4 Å². The monoisotopic (exact) mass is 363 g/mol. The van der Waals surface area contributed by atoms with Crippen LogP contribution in [0.5, 0.6) is 0 Å². The lowest BCUT2D eigenvalue weighted by Gasteiger charge is -2.17. The molecule has 3 heterocycles. The van der Waals surface area contributed by atoms with Gasteiger partial charge in [0, 0.05) is 37.6 Å². The number of aliphatic hydroxyl groups excluding tert-OH is 1. The zero-order chi connectivity index (χ0) is 18.8. The maximum Gasteiger partial charge on any atom is 0.271 e. The van der Waals surface area contributed by atoms with Crippen molar-refractivity contribution >= 4 is 22.6 Å². The van der Waals surface area contributed by atoms with Gasteiger partial charge in [0.2, 0.25) is 0 Å². The van der Waals surface area contributed by atoms with Gasteiger partial charge in [-0.25, -0.2) is 0 Å². The van der Waals surface area contributed by atoms with Gasteiger partial charge >= 0.3 is 0 Å². The number of amides is 1. The van der Waals surface area contributed by atoms with Gasteiger partial charge < -0.3 is 15.3 Å². The predicted octanol–water partition coefficient (Wildman–Crippen LogP) is 1.42. The molecular weight excluding hydrogens is 342 g/mol. The Morgan fingerprint density at radius 1 is 1.19 bits per heavy atom. The van der Waals surface area contributed by atoms with Crippen LogP contribution >= 0.6 is 0 Å². The molecule has 1 aromatic carbocycles. The number of benzene rings is 1. The highest BCUT2D eigenvalue weighted by Crippen LogP contribution is 2.27. The molecule has 27 heavy (non-hydrogen) atoms. The second-order valence-electron chi connectivity index (χ2n) is 6.78. The Kier molecular flexibility index (Phi) is 4.68. The van der Waals surface area contributed by atoms with Crippen molar-refractivity contribution in [2.75, 3.05) is 25.0 Å². The summed E-state index contributed by atoms with van der Waals surface area (Å²) in [7, 11) is 1.56. The number of para-hydroxylation sites is 1. The lowest BCUT2D eigenvalue weighted by molar-refractivity contribution is 0.0957. The Hall–Kier alpha value is -3.06. The van der Waals surface area contributed by atoms with E-state index in [4.69, 9.17) is 0 Å². The molecule has 4 rings (SSSR count). The number of aromatic nitrogens is 3. The lowest BCUT2D eigenvalue weighted by Crippen LogP contribution is -2.24. The number of anilines is 1. The van der Waals surface area contributed by atoms with E-state index in [0.717, 1.165) is 17.3 Å². The van der Waals surface area contributed by atoms with Crippen molar-refractivity contribution in [3.05, 3.63) is 59.9 Å². The van der Waals surface area contributed by atoms with E-state index >= 15 is 0 Å². The number of hydrogen-bond donors (Lipinski definition) is 2. The fourth-order valence-electron chi connectivity index (χ4n) is 3.60. The number of hydrogen-bond acceptors (Lipinski definition) is 6. The number of nitrogens with zero attached hydrogens (tertiary/aromatic N) is 4. The lowest BCUT2D eigenvalue weighted by atomic mass is 9.94. The van der Waals surface area contributed by atoms with E-state index in [1.165, 1.54) is 5.56 Å². The van der Waals surface area contributed by atoms with Crippen LogP contribution in [0.1, 0.15) is 16.1 Å². The zero-order valence-corrected chi connectivity index (χ0v) is 15.0. The van der Waals surface area contributed by atoms with Gasteiger partial charge in [0.15, 0.2) is 11.5 Å². The van der Waals surface area contributed by atoms with Gasteiger partial charge in [-0.05, 0) is 36.2 Å². The minimum Gasteiger partial charge on any atom is -0.391 e. The van der Waals surface area contributed by atoms with Crippen LogP contribution in [0.4, 0.5) is 5.82 Å². The smallest absolute Gasteiger partial charge is 0.271 e. The summed E-state index contributed by atoms with van der Waals surface area (Å²) in [5.41, 5.74) is 2.43. The number of carbonyl (C=O) groups is 1. The molecule has 2 aromatic heterocycles. The summed E-state index contributed by atoms with van der Waals surface area (Å²) in [6.07, 6.45) is 2.14. The molecule has 0 spiro atoms. The van der Waals surface area contributed by atoms with Crippen LogP contribution in [0.3, 0.4) is 0 Å². The average Bonchev–Trinajstić information content (AvgIpc) is 3.08. The quantitative estimate of drug-likeness (QED) is 0.729. The molecule has 1 amide bonds. The number of rotatable bonds is 4. The van der Waals surface area contributed by atoms with Gasteiger partial charge in [-0.15, -0.1) is 10.2 Å². The fraction of sp³-hybridized carbons (Fsp3) is 0.300. The number of pyridine rings is 1. The van der Waals surface area contributed by atoms with Crippen LogP contribution < -0.4 is 10.2 Å². The van der Waals surface area contributed by atoms with Crippen LogP contribution in [0.2, 0.25) is 0 Å². The van der Waals surface area contributed by atoms with E-state index in [-0.39, 0.29) is 17.5 Å². The summed E-state index contributed by atoms with van der Waals surface area (Å²) < 4.78 is 0. The zero-order valence-electron chi connectivity index (χ0n) is 15.0. The van der Waals surface area contributed by atoms with E-state index in [0.29, 0.717) is 18.9 Å². The van der Waals surface area contributed by atoms with E-state index in [1.807, 2.05) is 35.4 Å². The second-order valence-corrected chi connectivity index (χ2v) is 6.78. The van der Waals surface area contributed by atoms with Gasteiger partial charge in [-0.1, -0.05) is 18.2 Å². The van der Waals surface area contributed by atoms with Crippen molar-refractivity contribution in [1.29, 1.82) is 0 Å². The maximum atomic E-state index is 11.6. The van der Waals surface area contributed by atoms with Crippen molar-refractivity contribution in [1.82, 2.24) is 20.5 Å². The first-order chi connectivity index (χ1) is 13.2. The molecule has 2 atom stereocenters. The molecule has 1 fully saturated rings. The SMILES string of the molecule is CNC(=O)c1ccc(N2C[C@@H](Cc3ccnc4ccccc34)[C@@H](O)C2)nn1. The standard InChI is InChI=1S/C20H21N5O2/c1-21-20(27)17-6-7-19(24-23-17)25-11-14(18(26)12-25)10-13-8-9-22-16-5-3-2-4-15(13)16/h2-9,14,18,26H,10-12H2,1H3,(H,21,27)/t14-,18+/m1/s1. The summed E-state index contributed by atoms with van der Waals surface area (Å²) >= 11 is 0. The largest absolute Gasteiger partial charge is 0.391 e. The molecule has 7 heteroatoms. The first kappa shape index (κ1) is 17.4. The Morgan fingerprint density at radius 3 is 2.81 bits per heavy atom. The maximum absolute atomic E-state index is 11.6. The number of nitrogens with one attached hydrogen (secondary N) is 1. The summed E-state index contributed by atoms with van der Waals surface area (Å²) in [5, 5.41) is 22.3. The van der Waals surface area contributed by atoms with Crippen molar-refractivity contribution in [2.24, 2.45) is 5.92 Å². The number of aliphatic hydroxyl groups is 1. The Bertz CT molecular complexity index is 955. The number of fused-ring (bicyclic) bond motifs is 1. The first-order valence-corrected chi connectivity index (χ1v) is 8.97. The molecule has 1 saturated heterocycles. The summed E-state index contributed by atoms with van der Waals surface area (Å²) in [5.74, 6) is 0.498. The molecule has 0 saturated carbocycles. The van der Waals surface area contributed by atoms with Crippen molar-refractivity contribution in [3.63, 3.8) is 0 Å². The highest BCUT2D eigenvalue weighted by Gasteiger charge is 2.32. The van der Waals surface area contributed by atoms with Crippen LogP contribution in [0, 0.1) is 5.92 Å². The Balaban J connectivity index is 1.50. The fourth-order valence-corrected chi connectivity index (χ4v) is 3.60. The Labute approximate surface area is 157 Å². The van der Waals surface area contributed by atoms with Gasteiger partial charge in [-0.3, -0.25) is 9.78 Å². The molecule has 0 bridgehead atoms. The molecule has 0 unspecified atom stereocenters. The molecular formula is C20H21N5O2. The molecule has 0 radical (unpaired) electrons. The van der Waals surface area contributed by atoms with Crippen molar-refractivity contribution in [3.8, 4) is 0 Å². The van der Waals surface area contributed by atoms with Crippen LogP contribution in [-0.2, 0) is 6.42 Å². The van der Waals surface area contributed by atoms with Gasteiger partial charge in [0.25, 0.3) is 5.91 Å². The molecule has 7 nitrogen and oxygen atoms in total. The van der Waals surface area contributed by atoms with E-state index in [9.17, 15) is 9.90 Å². The van der Waals surface area contributed by atoms with Gasteiger partial charge in [-0.2, -0.15) is 0 Å². The molecule has 1 aliphatic heterocycles. The molecule has 1 aliphatic rings. The van der Waals surface area contributed by atoms with Crippen molar-refractivity contribution in [2.45, 2.75) is 12.5 Å². The molecule has 3 aromatic rings. The normalized spacial score (nSPS) is 19.4. The van der Waals surface area contributed by atoms with E-state index in [2.05, 4.69) is 26.6 Å². The number of β-amino-alcohol motifs (C(OH)–C–C–N with tert-alkyl or cyclic N) is 1. The first-order valence-electron chi connectivity index (χ1n) is 8.97. The second kappa shape index (κ2) is 7.28. The third-order valence-electron chi connectivity index (χ3n) is 5.06. The minimum absolute atomic E-state index is 0.0937. The topological polar surface area (TPSA) is 91.2 Å². The van der Waals surface area contributed by atoms with E-state index < -0.39 is 6.10 Å². The van der Waals surface area contributed by atoms with Crippen LogP contribution in [0.15, 0.2) is 48.7 Å². The summed E-state index contributed by atoms with van der Waals surface area (Å²) in [4.78, 5) is 18.0. The van der Waals surface area contributed by atoms with Crippen molar-refractivity contribution < 1.29 is 9.90 Å². The molecule has 2 N–H and O–H groups in total. The average molecular weight is 363 g/mol. The third kappa shape index (κ3) is 3.46. The highest BCUT2D eigenvalue weighted by atomic mass is 16.3. The predicted molar refractivity (Wildman–Crippen MR) is 103 cm³/mol. The van der Waals surface area contributed by atoms with E-state index in [1.54, 1.807) is 19.2 Å². The van der Waals surface area contributed by atoms with Gasteiger partial charge in [0.05, 0.1) is 11.6 Å². The molecule has 138 valence electrons. The summed E-state index contributed by atoms with van der Waals surface area (Å²) in [6, 6.07) is 13.5.